The Bertz CT molecular complexity index is 538. The summed E-state index contributed by atoms with van der Waals surface area (Å²) in [6.07, 6.45) is 3.63. The fourth-order valence-corrected chi connectivity index (χ4v) is 1.85. The van der Waals surface area contributed by atoms with Gasteiger partial charge in [0.15, 0.2) is 0 Å². The maximum absolute atomic E-state index is 11.2. The molecule has 0 saturated heterocycles. The van der Waals surface area contributed by atoms with E-state index in [1.54, 1.807) is 23.5 Å². The molecule has 82 valence electrons. The van der Waals surface area contributed by atoms with Crippen LogP contribution in [0.5, 0.6) is 5.75 Å². The largest absolute Gasteiger partial charge is 0.496 e. The van der Waals surface area contributed by atoms with Crippen LogP contribution in [0.15, 0.2) is 38.2 Å². The first-order valence-electron chi connectivity index (χ1n) is 4.67. The van der Waals surface area contributed by atoms with Crippen molar-refractivity contribution in [2.24, 2.45) is 0 Å². The zero-order chi connectivity index (χ0) is 11.4. The summed E-state index contributed by atoms with van der Waals surface area (Å²) in [7, 11) is 1.52. The summed E-state index contributed by atoms with van der Waals surface area (Å²) >= 11 is 1.62. The minimum atomic E-state index is -0.413. The molecule has 0 N–H and O–H groups in total. The van der Waals surface area contributed by atoms with Crippen molar-refractivity contribution in [3.8, 4) is 5.75 Å². The van der Waals surface area contributed by atoms with E-state index in [1.165, 1.54) is 13.2 Å². The molecule has 0 aliphatic rings. The van der Waals surface area contributed by atoms with E-state index in [1.807, 2.05) is 22.9 Å². The smallest absolute Gasteiger partial charge is 0.339 e. The van der Waals surface area contributed by atoms with Gasteiger partial charge in [0, 0.05) is 6.07 Å². The van der Waals surface area contributed by atoms with Gasteiger partial charge in [0.2, 0.25) is 0 Å². The monoisotopic (exact) mass is 234 g/mol. The van der Waals surface area contributed by atoms with Crippen molar-refractivity contribution in [2.75, 3.05) is 7.11 Å². The number of thiophene rings is 1. The zero-order valence-corrected chi connectivity index (χ0v) is 9.49. The van der Waals surface area contributed by atoms with Gasteiger partial charge in [-0.2, -0.15) is 11.3 Å². The third-order valence-corrected chi connectivity index (χ3v) is 2.68. The quantitative estimate of drug-likeness (QED) is 0.819. The summed E-state index contributed by atoms with van der Waals surface area (Å²) in [5, 5.41) is 4.00. The number of hydrogen-bond acceptors (Lipinski definition) is 4. The third-order valence-electron chi connectivity index (χ3n) is 1.98. The van der Waals surface area contributed by atoms with E-state index in [2.05, 4.69) is 0 Å². The van der Waals surface area contributed by atoms with Crippen molar-refractivity contribution in [1.82, 2.24) is 0 Å². The molecule has 0 aliphatic heterocycles. The highest BCUT2D eigenvalue weighted by Crippen LogP contribution is 2.14. The summed E-state index contributed by atoms with van der Waals surface area (Å²) in [6, 6.07) is 4.96. The van der Waals surface area contributed by atoms with Crippen molar-refractivity contribution < 1.29 is 9.15 Å². The Hall–Kier alpha value is -1.81. The van der Waals surface area contributed by atoms with E-state index in [4.69, 9.17) is 9.15 Å². The van der Waals surface area contributed by atoms with Crippen LogP contribution in [0.4, 0.5) is 0 Å². The molecule has 2 aromatic rings. The zero-order valence-electron chi connectivity index (χ0n) is 8.67. The predicted molar refractivity (Wildman–Crippen MR) is 64.8 cm³/mol. The van der Waals surface area contributed by atoms with Crippen LogP contribution in [0.25, 0.3) is 12.2 Å². The Balaban J connectivity index is 2.27. The van der Waals surface area contributed by atoms with Crippen molar-refractivity contribution in [3.05, 3.63) is 50.7 Å². The molecule has 0 aliphatic carbocycles. The first-order chi connectivity index (χ1) is 7.78. The van der Waals surface area contributed by atoms with Crippen molar-refractivity contribution in [1.29, 1.82) is 0 Å². The molecule has 0 fully saturated rings. The summed E-state index contributed by atoms with van der Waals surface area (Å²) in [5.74, 6) is 0.983. The summed E-state index contributed by atoms with van der Waals surface area (Å²) in [5.41, 5.74) is 0.666. The Morgan fingerprint density at radius 3 is 2.94 bits per heavy atom. The van der Waals surface area contributed by atoms with Crippen molar-refractivity contribution >= 4 is 23.5 Å². The second-order valence-corrected chi connectivity index (χ2v) is 3.89. The van der Waals surface area contributed by atoms with Crippen LogP contribution in [-0.2, 0) is 0 Å². The van der Waals surface area contributed by atoms with Crippen LogP contribution in [-0.4, -0.2) is 7.11 Å². The number of hydrogen-bond donors (Lipinski definition) is 0. The molecule has 16 heavy (non-hydrogen) atoms. The summed E-state index contributed by atoms with van der Waals surface area (Å²) < 4.78 is 9.98. The normalized spacial score (nSPS) is 10.8. The van der Waals surface area contributed by atoms with Crippen molar-refractivity contribution in [2.45, 2.75) is 0 Å². The summed E-state index contributed by atoms with van der Waals surface area (Å²) in [4.78, 5) is 11.2. The van der Waals surface area contributed by atoms with E-state index in [0.29, 0.717) is 11.5 Å². The molecule has 0 unspecified atom stereocenters. The van der Waals surface area contributed by atoms with E-state index < -0.39 is 5.63 Å². The van der Waals surface area contributed by atoms with Gasteiger partial charge in [0.05, 0.1) is 13.2 Å². The first kappa shape index (κ1) is 10.7. The molecule has 0 spiro atoms. The maximum atomic E-state index is 11.2. The van der Waals surface area contributed by atoms with Gasteiger partial charge in [0.25, 0.3) is 0 Å². The Morgan fingerprint density at radius 2 is 2.25 bits per heavy atom. The predicted octanol–water partition coefficient (Wildman–Crippen LogP) is 2.88. The Labute approximate surface area is 96.6 Å². The fourth-order valence-electron chi connectivity index (χ4n) is 1.22. The van der Waals surface area contributed by atoms with Crippen LogP contribution in [0.2, 0.25) is 0 Å². The lowest BCUT2D eigenvalue weighted by Crippen LogP contribution is -1.98. The molecule has 3 nitrogen and oxygen atoms in total. The van der Waals surface area contributed by atoms with E-state index >= 15 is 0 Å². The minimum absolute atomic E-state index is 0.413. The highest BCUT2D eigenvalue weighted by molar-refractivity contribution is 7.08. The average Bonchev–Trinajstić information content (AvgIpc) is 2.78. The van der Waals surface area contributed by atoms with Crippen LogP contribution < -0.4 is 10.4 Å². The lowest BCUT2D eigenvalue weighted by Gasteiger charge is -1.98. The standard InChI is InChI=1S/C12H10O3S/c1-14-11-6-10(15-12(13)7-11)3-2-9-4-5-16-8-9/h2-8H,1H3/b3-2+. The van der Waals surface area contributed by atoms with Gasteiger partial charge in [-0.25, -0.2) is 4.79 Å². The minimum Gasteiger partial charge on any atom is -0.496 e. The lowest BCUT2D eigenvalue weighted by atomic mass is 10.3. The SMILES string of the molecule is COc1cc(/C=C/c2ccsc2)oc(=O)c1. The van der Waals surface area contributed by atoms with Gasteiger partial charge < -0.3 is 9.15 Å². The van der Waals surface area contributed by atoms with Gasteiger partial charge in [-0.15, -0.1) is 0 Å². The second kappa shape index (κ2) is 4.81. The van der Waals surface area contributed by atoms with Crippen LogP contribution >= 0.6 is 11.3 Å². The molecule has 2 rings (SSSR count). The molecular weight excluding hydrogens is 224 g/mol. The van der Waals surface area contributed by atoms with Gasteiger partial charge in [-0.1, -0.05) is 6.08 Å². The maximum Gasteiger partial charge on any atom is 0.339 e. The van der Waals surface area contributed by atoms with Gasteiger partial charge in [0.1, 0.15) is 11.5 Å². The first-order valence-corrected chi connectivity index (χ1v) is 5.62. The number of rotatable bonds is 3. The Kier molecular flexibility index (Phi) is 3.22. The van der Waals surface area contributed by atoms with Gasteiger partial charge in [-0.05, 0) is 28.5 Å². The average molecular weight is 234 g/mol. The molecule has 0 saturated carbocycles. The molecule has 0 aromatic carbocycles. The van der Waals surface area contributed by atoms with Gasteiger partial charge >= 0.3 is 5.63 Å². The topological polar surface area (TPSA) is 39.4 Å². The number of methoxy groups -OCH3 is 1. The number of ether oxygens (including phenoxy) is 1. The van der Waals surface area contributed by atoms with E-state index in [9.17, 15) is 4.79 Å². The molecule has 0 amide bonds. The van der Waals surface area contributed by atoms with Gasteiger partial charge in [-0.3, -0.25) is 0 Å². The van der Waals surface area contributed by atoms with E-state index in [0.717, 1.165) is 5.56 Å². The molecule has 4 heteroatoms. The second-order valence-electron chi connectivity index (χ2n) is 3.11. The third kappa shape index (κ3) is 2.61. The molecule has 0 radical (unpaired) electrons. The van der Waals surface area contributed by atoms with Crippen LogP contribution in [0.3, 0.4) is 0 Å². The molecule has 0 bridgehead atoms. The van der Waals surface area contributed by atoms with Crippen LogP contribution in [0.1, 0.15) is 11.3 Å². The lowest BCUT2D eigenvalue weighted by molar-refractivity contribution is 0.400. The van der Waals surface area contributed by atoms with Crippen molar-refractivity contribution in [3.63, 3.8) is 0 Å². The highest BCUT2D eigenvalue weighted by Gasteiger charge is 1.98. The Morgan fingerprint density at radius 1 is 1.38 bits per heavy atom. The summed E-state index contributed by atoms with van der Waals surface area (Å²) in [6.45, 7) is 0. The molecule has 2 heterocycles. The van der Waals surface area contributed by atoms with E-state index in [-0.39, 0.29) is 0 Å². The fraction of sp³-hybridized carbons (Fsp3) is 0.0833. The molecule has 0 atom stereocenters. The highest BCUT2D eigenvalue weighted by atomic mass is 32.1. The molecular formula is C12H10O3S. The van der Waals surface area contributed by atoms with Crippen LogP contribution in [0, 0.1) is 0 Å². The molecule has 2 aromatic heterocycles.